The summed E-state index contributed by atoms with van der Waals surface area (Å²) >= 11 is 0. The third kappa shape index (κ3) is 5.46. The number of nitrogens with two attached hydrogens (primary N) is 1. The molecule has 5 N–H and O–H groups in total. The molecule has 0 radical (unpaired) electrons. The van der Waals surface area contributed by atoms with Gasteiger partial charge in [0.25, 0.3) is 11.8 Å². The van der Waals surface area contributed by atoms with Crippen LogP contribution < -0.4 is 21.7 Å². The highest BCUT2D eigenvalue weighted by Gasteiger charge is 2.43. The van der Waals surface area contributed by atoms with Gasteiger partial charge in [-0.1, -0.05) is 75.4 Å². The molecule has 3 aromatic rings. The van der Waals surface area contributed by atoms with E-state index in [4.69, 9.17) is 5.73 Å². The molecule has 9 nitrogen and oxygen atoms in total. The van der Waals surface area contributed by atoms with Crippen LogP contribution in [0.25, 0.3) is 0 Å². The zero-order chi connectivity index (χ0) is 29.1. The van der Waals surface area contributed by atoms with Crippen LogP contribution in [-0.2, 0) is 27.1 Å². The van der Waals surface area contributed by atoms with E-state index in [1.165, 1.54) is 0 Å². The van der Waals surface area contributed by atoms with Crippen molar-refractivity contribution in [3.8, 4) is 0 Å². The number of nitrogens with zero attached hydrogens (tertiary/aromatic N) is 2. The van der Waals surface area contributed by atoms with Crippen molar-refractivity contribution in [2.75, 3.05) is 5.32 Å². The van der Waals surface area contributed by atoms with E-state index in [9.17, 15) is 14.4 Å². The van der Waals surface area contributed by atoms with Crippen molar-refractivity contribution in [2.45, 2.75) is 83.5 Å². The molecule has 0 saturated heterocycles. The predicted molar refractivity (Wildman–Crippen MR) is 156 cm³/mol. The molecule has 0 fully saturated rings. The molecule has 2 heterocycles. The summed E-state index contributed by atoms with van der Waals surface area (Å²) in [7, 11) is 0. The molecule has 1 aromatic heterocycles. The highest BCUT2D eigenvalue weighted by Crippen LogP contribution is 2.40. The normalized spacial score (nSPS) is 18.0. The Morgan fingerprint density at radius 2 is 1.77 bits per heavy atom. The Morgan fingerprint density at radius 3 is 2.35 bits per heavy atom. The summed E-state index contributed by atoms with van der Waals surface area (Å²) < 4.78 is 1.84. The number of benzene rings is 2. The van der Waals surface area contributed by atoms with Crippen molar-refractivity contribution in [2.24, 2.45) is 5.73 Å². The first-order valence-corrected chi connectivity index (χ1v) is 14.0. The summed E-state index contributed by atoms with van der Waals surface area (Å²) in [4.78, 5) is 39.9. The third-order valence-electron chi connectivity index (χ3n) is 7.96. The first-order chi connectivity index (χ1) is 19.1. The molecule has 1 aliphatic heterocycles. The molecular formula is C31H40N6O3. The number of carbonyl (C=O) groups is 3. The Morgan fingerprint density at radius 1 is 1.10 bits per heavy atom. The SMILES string of the molecule is CCc1ccc(C(CC)(NC(=O)c2cnn3c2NC(c2ccccc2)CC3(C)C)C(=O)N[C@@H](CC)C(N)=O)cc1. The fourth-order valence-electron chi connectivity index (χ4n) is 5.46. The predicted octanol–water partition coefficient (Wildman–Crippen LogP) is 4.15. The Balaban J connectivity index is 1.73. The Bertz CT molecular complexity index is 1370. The molecular weight excluding hydrogens is 504 g/mol. The number of carbonyl (C=O) groups excluding carboxylic acids is 3. The summed E-state index contributed by atoms with van der Waals surface area (Å²) in [6.45, 7) is 9.84. The molecule has 0 saturated carbocycles. The molecule has 212 valence electrons. The van der Waals surface area contributed by atoms with Crippen molar-refractivity contribution < 1.29 is 14.4 Å². The number of nitrogens with one attached hydrogen (secondary N) is 3. The lowest BCUT2D eigenvalue weighted by molar-refractivity contribution is -0.132. The number of amides is 3. The van der Waals surface area contributed by atoms with Gasteiger partial charge in [-0.2, -0.15) is 5.10 Å². The van der Waals surface area contributed by atoms with Gasteiger partial charge in [-0.3, -0.25) is 14.4 Å². The van der Waals surface area contributed by atoms with Gasteiger partial charge in [0.15, 0.2) is 0 Å². The number of aromatic nitrogens is 2. The van der Waals surface area contributed by atoms with Gasteiger partial charge in [0.2, 0.25) is 5.91 Å². The van der Waals surface area contributed by atoms with Gasteiger partial charge in [-0.25, -0.2) is 4.68 Å². The number of primary amides is 1. The standard InChI is InChI=1S/C31H40N6O3/c1-6-20-14-16-22(17-15-20)31(8-3,29(40)35-24(7-2)26(32)38)36-28(39)23-19-33-37-27(23)34-25(18-30(37,4)5)21-12-10-9-11-13-21/h9-17,19,24-25,34H,6-8,18H2,1-5H3,(H2,32,38)(H,35,40)(H,36,39)/t24-,25?,31?/m0/s1. The van der Waals surface area contributed by atoms with Crippen LogP contribution in [0.5, 0.6) is 0 Å². The van der Waals surface area contributed by atoms with Crippen molar-refractivity contribution in [1.29, 1.82) is 0 Å². The maximum atomic E-state index is 14.0. The highest BCUT2D eigenvalue weighted by atomic mass is 16.2. The summed E-state index contributed by atoms with van der Waals surface area (Å²) in [5.74, 6) is -0.966. The van der Waals surface area contributed by atoms with Gasteiger partial charge in [-0.15, -0.1) is 0 Å². The Hall–Kier alpha value is -4.14. The molecule has 2 unspecified atom stereocenters. The average molecular weight is 545 g/mol. The second kappa shape index (κ2) is 11.5. The number of rotatable bonds is 10. The fourth-order valence-corrected chi connectivity index (χ4v) is 5.46. The minimum atomic E-state index is -1.44. The van der Waals surface area contributed by atoms with E-state index in [1.807, 2.05) is 54.1 Å². The van der Waals surface area contributed by atoms with Crippen LogP contribution in [0.3, 0.4) is 0 Å². The molecule has 2 aromatic carbocycles. The number of hydrogen-bond donors (Lipinski definition) is 4. The van der Waals surface area contributed by atoms with Crippen LogP contribution in [0.1, 0.15) is 87.0 Å². The van der Waals surface area contributed by atoms with Crippen LogP contribution in [-0.4, -0.2) is 33.5 Å². The molecule has 4 rings (SSSR count). The first-order valence-electron chi connectivity index (χ1n) is 14.0. The Labute approximate surface area is 235 Å². The zero-order valence-electron chi connectivity index (χ0n) is 24.0. The molecule has 40 heavy (non-hydrogen) atoms. The van der Waals surface area contributed by atoms with Crippen LogP contribution in [0, 0.1) is 0 Å². The molecule has 3 atom stereocenters. The quantitative estimate of drug-likeness (QED) is 0.305. The van der Waals surface area contributed by atoms with Gasteiger partial charge in [0.1, 0.15) is 23.0 Å². The van der Waals surface area contributed by atoms with Crippen LogP contribution in [0.4, 0.5) is 5.82 Å². The largest absolute Gasteiger partial charge is 0.368 e. The number of aryl methyl sites for hydroxylation is 1. The van der Waals surface area contributed by atoms with Crippen LogP contribution >= 0.6 is 0 Å². The average Bonchev–Trinajstić information content (AvgIpc) is 3.40. The highest BCUT2D eigenvalue weighted by molar-refractivity contribution is 6.03. The van der Waals surface area contributed by atoms with E-state index < -0.39 is 29.3 Å². The summed E-state index contributed by atoms with van der Waals surface area (Å²) in [6, 6.07) is 16.8. The smallest absolute Gasteiger partial charge is 0.257 e. The van der Waals surface area contributed by atoms with E-state index in [0.717, 1.165) is 24.0 Å². The zero-order valence-corrected chi connectivity index (χ0v) is 24.0. The minimum Gasteiger partial charge on any atom is -0.368 e. The van der Waals surface area contributed by atoms with Gasteiger partial charge < -0.3 is 21.7 Å². The van der Waals surface area contributed by atoms with Gasteiger partial charge in [-0.05, 0) is 56.2 Å². The number of fused-ring (bicyclic) bond motifs is 1. The second-order valence-electron chi connectivity index (χ2n) is 11.0. The molecule has 0 aliphatic carbocycles. The lowest BCUT2D eigenvalue weighted by Gasteiger charge is -2.38. The minimum absolute atomic E-state index is 0.0198. The molecule has 0 bridgehead atoms. The molecule has 0 spiro atoms. The second-order valence-corrected chi connectivity index (χ2v) is 11.0. The van der Waals surface area contributed by atoms with E-state index in [2.05, 4.69) is 54.0 Å². The van der Waals surface area contributed by atoms with Crippen LogP contribution in [0.2, 0.25) is 0 Å². The van der Waals surface area contributed by atoms with Crippen molar-refractivity contribution >= 4 is 23.5 Å². The third-order valence-corrected chi connectivity index (χ3v) is 7.96. The van der Waals surface area contributed by atoms with Crippen molar-refractivity contribution in [1.82, 2.24) is 20.4 Å². The summed E-state index contributed by atoms with van der Waals surface area (Å²) in [5.41, 5.74) is 6.92. The van der Waals surface area contributed by atoms with Crippen LogP contribution in [0.15, 0.2) is 60.8 Å². The fraction of sp³-hybridized carbons (Fsp3) is 0.419. The molecule has 3 amide bonds. The topological polar surface area (TPSA) is 131 Å². The lowest BCUT2D eigenvalue weighted by Crippen LogP contribution is -2.59. The Kier molecular flexibility index (Phi) is 8.32. The summed E-state index contributed by atoms with van der Waals surface area (Å²) in [5, 5.41) is 13.9. The van der Waals surface area contributed by atoms with Gasteiger partial charge >= 0.3 is 0 Å². The van der Waals surface area contributed by atoms with Gasteiger partial charge in [0, 0.05) is 0 Å². The maximum Gasteiger partial charge on any atom is 0.257 e. The molecule has 1 aliphatic rings. The van der Waals surface area contributed by atoms with Gasteiger partial charge in [0.05, 0.1) is 17.8 Å². The number of anilines is 1. The van der Waals surface area contributed by atoms with Crippen molar-refractivity contribution in [3.63, 3.8) is 0 Å². The first kappa shape index (κ1) is 28.9. The van der Waals surface area contributed by atoms with E-state index in [1.54, 1.807) is 13.1 Å². The molecule has 9 heteroatoms. The van der Waals surface area contributed by atoms with E-state index >= 15 is 0 Å². The summed E-state index contributed by atoms with van der Waals surface area (Å²) in [6.07, 6.45) is 3.75. The van der Waals surface area contributed by atoms with E-state index in [0.29, 0.717) is 23.4 Å². The van der Waals surface area contributed by atoms with Crippen molar-refractivity contribution in [3.05, 3.63) is 83.0 Å². The lowest BCUT2D eigenvalue weighted by atomic mass is 9.84. The number of hydrogen-bond acceptors (Lipinski definition) is 5. The van der Waals surface area contributed by atoms with E-state index in [-0.39, 0.29) is 18.0 Å². The monoisotopic (exact) mass is 544 g/mol. The maximum absolute atomic E-state index is 14.0.